The Morgan fingerprint density at radius 3 is 1.93 bits per heavy atom. The molecule has 1 atom stereocenters. The summed E-state index contributed by atoms with van der Waals surface area (Å²) < 4.78 is 38.8. The molecule has 0 bridgehead atoms. The first-order valence-corrected chi connectivity index (χ1v) is 9.10. The lowest BCUT2D eigenvalue weighted by molar-refractivity contribution is -0.137. The molecule has 0 radical (unpaired) electrons. The second-order valence-electron chi connectivity index (χ2n) is 8.06. The Morgan fingerprint density at radius 2 is 1.47 bits per heavy atom. The number of Topliss-reactive ketones (excluding diaryl/α,β-unsaturated/α-hetero) is 1. The Bertz CT molecular complexity index is 1020. The molecule has 30 heavy (non-hydrogen) atoms. The fraction of sp³-hybridized carbons (Fsp3) is 0.273. The zero-order valence-electron chi connectivity index (χ0n) is 16.5. The first kappa shape index (κ1) is 21.4. The van der Waals surface area contributed by atoms with Crippen molar-refractivity contribution < 1.29 is 33.0 Å². The van der Waals surface area contributed by atoms with Gasteiger partial charge in [0.05, 0.1) is 17.2 Å². The molecule has 0 aromatic heterocycles. The predicted molar refractivity (Wildman–Crippen MR) is 104 cm³/mol. The van der Waals surface area contributed by atoms with E-state index in [1.807, 2.05) is 0 Å². The molecule has 2 aromatic rings. The summed E-state index contributed by atoms with van der Waals surface area (Å²) in [5.41, 5.74) is -1.44. The summed E-state index contributed by atoms with van der Waals surface area (Å²) >= 11 is 0. The second kappa shape index (κ2) is 7.19. The van der Waals surface area contributed by atoms with Crippen molar-refractivity contribution in [1.82, 2.24) is 0 Å². The van der Waals surface area contributed by atoms with E-state index in [1.54, 1.807) is 20.8 Å². The van der Waals surface area contributed by atoms with Crippen molar-refractivity contribution in [3.63, 3.8) is 0 Å². The number of alkyl halides is 3. The standard InChI is InChI=1S/C22H20F3NO4/c1-21(2,3)19(29)16-17(12-4-10-15(27)11-5-12)26(20(30)18(16)28)14-8-6-13(7-9-14)22(23,24)25/h4-11,17,27-28H,1-3H3. The minimum Gasteiger partial charge on any atom is -0.508 e. The highest BCUT2D eigenvalue weighted by atomic mass is 19.4. The van der Waals surface area contributed by atoms with Crippen molar-refractivity contribution in [2.75, 3.05) is 4.90 Å². The number of carbonyl (C=O) groups excluding carboxylic acids is 2. The van der Waals surface area contributed by atoms with Gasteiger partial charge in [-0.05, 0) is 42.0 Å². The van der Waals surface area contributed by atoms with Gasteiger partial charge in [0.15, 0.2) is 11.5 Å². The maximum atomic E-state index is 13.0. The molecule has 2 N–H and O–H groups in total. The number of hydrogen-bond donors (Lipinski definition) is 2. The molecule has 1 unspecified atom stereocenters. The molecular formula is C22H20F3NO4. The van der Waals surface area contributed by atoms with Gasteiger partial charge in [0.25, 0.3) is 5.91 Å². The van der Waals surface area contributed by atoms with Crippen LogP contribution < -0.4 is 4.90 Å². The van der Waals surface area contributed by atoms with E-state index in [0.29, 0.717) is 5.56 Å². The molecule has 0 aliphatic carbocycles. The van der Waals surface area contributed by atoms with Gasteiger partial charge >= 0.3 is 6.18 Å². The molecule has 5 nitrogen and oxygen atoms in total. The number of hydrogen-bond acceptors (Lipinski definition) is 4. The molecule has 2 aromatic carbocycles. The van der Waals surface area contributed by atoms with Crippen LogP contribution in [-0.4, -0.2) is 21.9 Å². The van der Waals surface area contributed by atoms with Crippen LogP contribution in [0.1, 0.15) is 37.9 Å². The Balaban J connectivity index is 2.16. The quantitative estimate of drug-likeness (QED) is 0.740. The van der Waals surface area contributed by atoms with Gasteiger partial charge in [-0.1, -0.05) is 32.9 Å². The third kappa shape index (κ3) is 3.77. The first-order valence-electron chi connectivity index (χ1n) is 9.10. The number of phenols is 1. The van der Waals surface area contributed by atoms with Gasteiger partial charge in [0, 0.05) is 11.1 Å². The van der Waals surface area contributed by atoms with E-state index in [2.05, 4.69) is 0 Å². The average molecular weight is 419 g/mol. The smallest absolute Gasteiger partial charge is 0.416 e. The van der Waals surface area contributed by atoms with E-state index in [9.17, 15) is 33.0 Å². The van der Waals surface area contributed by atoms with Crippen LogP contribution in [0, 0.1) is 5.41 Å². The molecule has 1 heterocycles. The predicted octanol–water partition coefficient (Wildman–Crippen LogP) is 4.93. The van der Waals surface area contributed by atoms with E-state index in [0.717, 1.165) is 29.2 Å². The van der Waals surface area contributed by atoms with Crippen molar-refractivity contribution >= 4 is 17.4 Å². The van der Waals surface area contributed by atoms with E-state index < -0.39 is 40.6 Å². The van der Waals surface area contributed by atoms with Crippen molar-refractivity contribution in [2.24, 2.45) is 5.41 Å². The van der Waals surface area contributed by atoms with Crippen LogP contribution in [0.4, 0.5) is 18.9 Å². The number of carbonyl (C=O) groups is 2. The number of amides is 1. The van der Waals surface area contributed by atoms with Gasteiger partial charge in [-0.25, -0.2) is 0 Å². The molecule has 0 saturated carbocycles. The zero-order valence-corrected chi connectivity index (χ0v) is 16.5. The maximum absolute atomic E-state index is 13.0. The lowest BCUT2D eigenvalue weighted by Crippen LogP contribution is -2.32. The maximum Gasteiger partial charge on any atom is 0.416 e. The number of anilines is 1. The zero-order chi connectivity index (χ0) is 22.4. The molecule has 0 fully saturated rings. The SMILES string of the molecule is CC(C)(C)C(=O)C1=C(O)C(=O)N(c2ccc(C(F)(F)F)cc2)C1c1ccc(O)cc1. The van der Waals surface area contributed by atoms with Crippen LogP contribution in [0.15, 0.2) is 59.9 Å². The Morgan fingerprint density at radius 1 is 0.933 bits per heavy atom. The van der Waals surface area contributed by atoms with Gasteiger partial charge in [-0.15, -0.1) is 0 Å². The average Bonchev–Trinajstić information content (AvgIpc) is 2.91. The fourth-order valence-electron chi connectivity index (χ4n) is 3.29. The molecule has 0 saturated heterocycles. The van der Waals surface area contributed by atoms with Crippen molar-refractivity contribution in [3.8, 4) is 5.75 Å². The Kier molecular flexibility index (Phi) is 5.14. The van der Waals surface area contributed by atoms with Crippen molar-refractivity contribution in [2.45, 2.75) is 33.0 Å². The number of halogens is 3. The minimum absolute atomic E-state index is 0.0407. The van der Waals surface area contributed by atoms with Crippen LogP contribution in [0.5, 0.6) is 5.75 Å². The highest BCUT2D eigenvalue weighted by molar-refractivity contribution is 6.17. The van der Waals surface area contributed by atoms with Crippen LogP contribution in [0.25, 0.3) is 0 Å². The molecular weight excluding hydrogens is 399 g/mol. The monoisotopic (exact) mass is 419 g/mol. The number of nitrogens with zero attached hydrogens (tertiary/aromatic N) is 1. The number of benzene rings is 2. The fourth-order valence-corrected chi connectivity index (χ4v) is 3.29. The number of ketones is 1. The Labute approximate surface area is 171 Å². The summed E-state index contributed by atoms with van der Waals surface area (Å²) in [6, 6.07) is 8.53. The number of aromatic hydroxyl groups is 1. The molecule has 3 rings (SSSR count). The van der Waals surface area contributed by atoms with Crippen LogP contribution in [-0.2, 0) is 15.8 Å². The second-order valence-corrected chi connectivity index (χ2v) is 8.06. The van der Waals surface area contributed by atoms with Gasteiger partial charge in [0.2, 0.25) is 0 Å². The topological polar surface area (TPSA) is 77.8 Å². The summed E-state index contributed by atoms with van der Waals surface area (Å²) in [4.78, 5) is 27.0. The molecule has 0 spiro atoms. The normalized spacial score (nSPS) is 17.6. The van der Waals surface area contributed by atoms with Gasteiger partial charge in [0.1, 0.15) is 5.75 Å². The van der Waals surface area contributed by atoms with Gasteiger partial charge in [-0.2, -0.15) is 13.2 Å². The largest absolute Gasteiger partial charge is 0.508 e. The van der Waals surface area contributed by atoms with E-state index in [-0.39, 0.29) is 17.0 Å². The first-order chi connectivity index (χ1) is 13.8. The van der Waals surface area contributed by atoms with E-state index in [4.69, 9.17) is 0 Å². The van der Waals surface area contributed by atoms with Gasteiger partial charge < -0.3 is 10.2 Å². The van der Waals surface area contributed by atoms with Crippen LogP contribution in [0.2, 0.25) is 0 Å². The minimum atomic E-state index is -4.54. The Hall–Kier alpha value is -3.29. The molecule has 158 valence electrons. The van der Waals surface area contributed by atoms with Gasteiger partial charge in [-0.3, -0.25) is 14.5 Å². The van der Waals surface area contributed by atoms with E-state index >= 15 is 0 Å². The summed E-state index contributed by atoms with van der Waals surface area (Å²) in [7, 11) is 0. The third-order valence-electron chi connectivity index (χ3n) is 4.82. The summed E-state index contributed by atoms with van der Waals surface area (Å²) in [5, 5.41) is 20.1. The lowest BCUT2D eigenvalue weighted by atomic mass is 9.82. The highest BCUT2D eigenvalue weighted by Crippen LogP contribution is 2.44. The lowest BCUT2D eigenvalue weighted by Gasteiger charge is -2.29. The number of aliphatic hydroxyl groups excluding tert-OH is 1. The van der Waals surface area contributed by atoms with Crippen molar-refractivity contribution in [1.29, 1.82) is 0 Å². The van der Waals surface area contributed by atoms with Crippen molar-refractivity contribution in [3.05, 3.63) is 71.0 Å². The summed E-state index contributed by atoms with van der Waals surface area (Å²) in [5.74, 6) is -2.14. The van der Waals surface area contributed by atoms with E-state index in [1.165, 1.54) is 24.3 Å². The summed E-state index contributed by atoms with van der Waals surface area (Å²) in [6.07, 6.45) is -4.54. The number of aliphatic hydroxyl groups is 1. The third-order valence-corrected chi connectivity index (χ3v) is 4.82. The number of phenolic OH excluding ortho intramolecular Hbond substituents is 1. The molecule has 1 amide bonds. The number of rotatable bonds is 3. The van der Waals surface area contributed by atoms with Crippen LogP contribution in [0.3, 0.4) is 0 Å². The highest BCUT2D eigenvalue weighted by Gasteiger charge is 2.46. The molecule has 1 aliphatic heterocycles. The molecule has 8 heteroatoms. The van der Waals surface area contributed by atoms with Crippen LogP contribution >= 0.6 is 0 Å². The molecule has 1 aliphatic rings. The summed E-state index contributed by atoms with van der Waals surface area (Å²) in [6.45, 7) is 4.90.